The van der Waals surface area contributed by atoms with Crippen molar-refractivity contribution in [3.05, 3.63) is 0 Å². The van der Waals surface area contributed by atoms with Crippen molar-refractivity contribution >= 4 is 41.9 Å². The fourth-order valence-electron chi connectivity index (χ4n) is 3.64. The van der Waals surface area contributed by atoms with Crippen LogP contribution in [0.1, 0.15) is 59.3 Å². The molecule has 1 aliphatic carbocycles. The number of likely N-dealkylation sites (tertiary alicyclic amines) is 1. The van der Waals surface area contributed by atoms with Crippen molar-refractivity contribution in [3.8, 4) is 0 Å². The lowest BCUT2D eigenvalue weighted by molar-refractivity contribution is -0.127. The van der Waals surface area contributed by atoms with Crippen molar-refractivity contribution in [2.45, 2.75) is 70.9 Å². The zero-order valence-electron chi connectivity index (χ0n) is 19.2. The van der Waals surface area contributed by atoms with Crippen LogP contribution in [0.25, 0.3) is 0 Å². The Kier molecular flexibility index (Phi) is 11.2. The molecule has 1 atom stereocenters. The molecule has 0 aromatic rings. The number of ether oxygens (including phenoxy) is 1. The van der Waals surface area contributed by atoms with Gasteiger partial charge in [-0.15, -0.1) is 24.0 Å². The molecular weight excluding hydrogens is 497 g/mol. The number of hydrogen-bond donors (Lipinski definition) is 2. The standard InChI is InChI=1S/C21H39N5O3.HI/c1-21(2,3)29-20(28)26-12-11-17(15-26)24-19(23-14-18(27)25(4)5)22-13-16-9-7-6-8-10-16;/h16-17H,6-15H2,1-5H3,(H2,22,23,24);1H. The smallest absolute Gasteiger partial charge is 0.410 e. The molecular formula is C21H40IN5O3. The molecule has 30 heavy (non-hydrogen) atoms. The van der Waals surface area contributed by atoms with Gasteiger partial charge in [0, 0.05) is 39.8 Å². The molecule has 2 fully saturated rings. The van der Waals surface area contributed by atoms with Gasteiger partial charge in [0.1, 0.15) is 12.1 Å². The number of guanidine groups is 1. The molecule has 1 unspecified atom stereocenters. The van der Waals surface area contributed by atoms with Gasteiger partial charge in [-0.25, -0.2) is 9.79 Å². The molecule has 1 saturated heterocycles. The molecule has 1 heterocycles. The Morgan fingerprint density at radius 1 is 1.13 bits per heavy atom. The SMILES string of the molecule is CN(C)C(=O)CN=C(NCC1CCCCC1)NC1CCN(C(=O)OC(C)(C)C)C1.I. The van der Waals surface area contributed by atoms with Crippen molar-refractivity contribution in [2.24, 2.45) is 10.9 Å². The number of rotatable bonds is 5. The van der Waals surface area contributed by atoms with E-state index in [2.05, 4.69) is 15.6 Å². The van der Waals surface area contributed by atoms with Gasteiger partial charge in [0.05, 0.1) is 0 Å². The molecule has 0 aromatic carbocycles. The van der Waals surface area contributed by atoms with Gasteiger partial charge in [-0.3, -0.25) is 4.79 Å². The summed E-state index contributed by atoms with van der Waals surface area (Å²) in [5, 5.41) is 6.84. The Morgan fingerprint density at radius 2 is 1.80 bits per heavy atom. The average Bonchev–Trinajstić information content (AvgIpc) is 3.11. The monoisotopic (exact) mass is 537 g/mol. The lowest BCUT2D eigenvalue weighted by Crippen LogP contribution is -2.47. The summed E-state index contributed by atoms with van der Waals surface area (Å²) in [6.07, 6.45) is 6.94. The second kappa shape index (κ2) is 12.6. The first-order valence-corrected chi connectivity index (χ1v) is 10.9. The minimum absolute atomic E-state index is 0. The highest BCUT2D eigenvalue weighted by Crippen LogP contribution is 2.22. The normalized spacial score (nSPS) is 20.4. The van der Waals surface area contributed by atoms with Crippen molar-refractivity contribution < 1.29 is 14.3 Å². The van der Waals surface area contributed by atoms with E-state index in [1.807, 2.05) is 20.8 Å². The van der Waals surface area contributed by atoms with Gasteiger partial charge in [0.2, 0.25) is 5.91 Å². The number of nitrogens with zero attached hydrogens (tertiary/aromatic N) is 3. The number of aliphatic imine (C=N–C) groups is 1. The van der Waals surface area contributed by atoms with Crippen molar-refractivity contribution in [2.75, 3.05) is 40.3 Å². The molecule has 1 aliphatic heterocycles. The Labute approximate surface area is 198 Å². The average molecular weight is 537 g/mol. The maximum absolute atomic E-state index is 12.3. The van der Waals surface area contributed by atoms with Crippen molar-refractivity contribution in [1.29, 1.82) is 0 Å². The fourth-order valence-corrected chi connectivity index (χ4v) is 3.64. The van der Waals surface area contributed by atoms with Gasteiger partial charge in [0.25, 0.3) is 0 Å². The Morgan fingerprint density at radius 3 is 2.40 bits per heavy atom. The predicted molar refractivity (Wildman–Crippen MR) is 130 cm³/mol. The number of hydrogen-bond acceptors (Lipinski definition) is 4. The molecule has 8 nitrogen and oxygen atoms in total. The number of halogens is 1. The summed E-state index contributed by atoms with van der Waals surface area (Å²) in [6, 6.07) is 0.0922. The summed E-state index contributed by atoms with van der Waals surface area (Å²) in [7, 11) is 3.46. The van der Waals surface area contributed by atoms with E-state index >= 15 is 0 Å². The largest absolute Gasteiger partial charge is 0.444 e. The Hall–Kier alpha value is -1.26. The van der Waals surface area contributed by atoms with Crippen LogP contribution < -0.4 is 10.6 Å². The van der Waals surface area contributed by atoms with E-state index in [0.29, 0.717) is 25.0 Å². The van der Waals surface area contributed by atoms with Crippen LogP contribution >= 0.6 is 24.0 Å². The van der Waals surface area contributed by atoms with E-state index < -0.39 is 5.60 Å². The third-order valence-corrected chi connectivity index (χ3v) is 5.33. The third-order valence-electron chi connectivity index (χ3n) is 5.33. The quantitative estimate of drug-likeness (QED) is 0.320. The zero-order valence-corrected chi connectivity index (χ0v) is 21.5. The zero-order chi connectivity index (χ0) is 21.4. The molecule has 9 heteroatoms. The molecule has 0 aromatic heterocycles. The van der Waals surface area contributed by atoms with Gasteiger partial charge in [-0.2, -0.15) is 0 Å². The maximum atomic E-state index is 12.3. The molecule has 2 rings (SSSR count). The van der Waals surface area contributed by atoms with Crippen LogP contribution in [0, 0.1) is 5.92 Å². The van der Waals surface area contributed by atoms with Gasteiger partial charge >= 0.3 is 6.09 Å². The van der Waals surface area contributed by atoms with Crippen molar-refractivity contribution in [3.63, 3.8) is 0 Å². The highest BCUT2D eigenvalue weighted by atomic mass is 127. The first-order chi connectivity index (χ1) is 13.6. The predicted octanol–water partition coefficient (Wildman–Crippen LogP) is 2.82. The molecule has 0 radical (unpaired) electrons. The van der Waals surface area contributed by atoms with E-state index in [1.54, 1.807) is 23.9 Å². The highest BCUT2D eigenvalue weighted by Gasteiger charge is 2.30. The van der Waals surface area contributed by atoms with Gasteiger partial charge in [-0.05, 0) is 46.0 Å². The van der Waals surface area contributed by atoms with Crippen molar-refractivity contribution in [1.82, 2.24) is 20.4 Å². The van der Waals surface area contributed by atoms with E-state index in [0.717, 1.165) is 13.0 Å². The van der Waals surface area contributed by atoms with E-state index in [4.69, 9.17) is 4.74 Å². The van der Waals surface area contributed by atoms with Gasteiger partial charge in [0.15, 0.2) is 5.96 Å². The number of amides is 2. The van der Waals surface area contributed by atoms with Crippen LogP contribution in [-0.4, -0.2) is 79.7 Å². The molecule has 0 spiro atoms. The lowest BCUT2D eigenvalue weighted by Gasteiger charge is -2.25. The first kappa shape index (κ1) is 26.8. The second-order valence-electron chi connectivity index (χ2n) is 9.39. The summed E-state index contributed by atoms with van der Waals surface area (Å²) >= 11 is 0. The maximum Gasteiger partial charge on any atom is 0.410 e. The minimum atomic E-state index is -0.497. The second-order valence-corrected chi connectivity index (χ2v) is 9.39. The topological polar surface area (TPSA) is 86.3 Å². The van der Waals surface area contributed by atoms with Crippen LogP contribution in [0.3, 0.4) is 0 Å². The molecule has 0 bridgehead atoms. The van der Waals surface area contributed by atoms with Crippen LogP contribution in [0.4, 0.5) is 4.79 Å². The summed E-state index contributed by atoms with van der Waals surface area (Å²) in [6.45, 7) is 7.81. The summed E-state index contributed by atoms with van der Waals surface area (Å²) in [4.78, 5) is 32.0. The fraction of sp³-hybridized carbons (Fsp3) is 0.857. The molecule has 2 N–H and O–H groups in total. The van der Waals surface area contributed by atoms with Gasteiger partial charge in [-0.1, -0.05) is 19.3 Å². The van der Waals surface area contributed by atoms with E-state index in [1.165, 1.54) is 32.1 Å². The van der Waals surface area contributed by atoms with Crippen LogP contribution in [0.5, 0.6) is 0 Å². The van der Waals surface area contributed by atoms with Crippen LogP contribution in [-0.2, 0) is 9.53 Å². The van der Waals surface area contributed by atoms with Gasteiger partial charge < -0.3 is 25.2 Å². The lowest BCUT2D eigenvalue weighted by atomic mass is 9.89. The number of nitrogens with one attached hydrogen (secondary N) is 2. The molecule has 2 amide bonds. The summed E-state index contributed by atoms with van der Waals surface area (Å²) in [5.41, 5.74) is -0.497. The summed E-state index contributed by atoms with van der Waals surface area (Å²) < 4.78 is 5.47. The van der Waals surface area contributed by atoms with Crippen LogP contribution in [0.2, 0.25) is 0 Å². The number of likely N-dealkylation sites (N-methyl/N-ethyl adjacent to an activating group) is 1. The number of carbonyl (C=O) groups is 2. The minimum Gasteiger partial charge on any atom is -0.444 e. The molecule has 2 aliphatic rings. The molecule has 1 saturated carbocycles. The Balaban J connectivity index is 0.00000450. The Bertz CT molecular complexity index is 586. The summed E-state index contributed by atoms with van der Waals surface area (Å²) in [5.74, 6) is 1.27. The highest BCUT2D eigenvalue weighted by molar-refractivity contribution is 14.0. The van der Waals surface area contributed by atoms with Crippen LogP contribution in [0.15, 0.2) is 4.99 Å². The molecule has 174 valence electrons. The number of carbonyl (C=O) groups excluding carboxylic acids is 2. The van der Waals surface area contributed by atoms with E-state index in [9.17, 15) is 9.59 Å². The first-order valence-electron chi connectivity index (χ1n) is 10.9. The third kappa shape index (κ3) is 9.70. The van der Waals surface area contributed by atoms with E-state index in [-0.39, 0.29) is 48.6 Å².